The van der Waals surface area contributed by atoms with E-state index in [1.807, 2.05) is 13.8 Å². The summed E-state index contributed by atoms with van der Waals surface area (Å²) in [7, 11) is 1.46. The molecule has 0 aliphatic rings. The highest BCUT2D eigenvalue weighted by molar-refractivity contribution is 5.80. The van der Waals surface area contributed by atoms with E-state index in [0.29, 0.717) is 12.1 Å². The fraction of sp³-hybridized carbons (Fsp3) is 0.941. The fourth-order valence-electron chi connectivity index (χ4n) is 3.00. The lowest BCUT2D eigenvalue weighted by Crippen LogP contribution is -2.55. The summed E-state index contributed by atoms with van der Waals surface area (Å²) < 4.78 is 5.00. The maximum atomic E-state index is 12.1. The first-order chi connectivity index (χ1) is 9.86. The zero-order valence-electron chi connectivity index (χ0n) is 15.2. The zero-order valence-corrected chi connectivity index (χ0v) is 15.2. The maximum absolute atomic E-state index is 12.1. The van der Waals surface area contributed by atoms with E-state index in [4.69, 9.17) is 4.74 Å². The van der Waals surface area contributed by atoms with E-state index < -0.39 is 5.54 Å². The number of methoxy groups -OCH3 is 1. The number of carbonyl (C=O) groups excluding carboxylic acids is 1. The monoisotopic (exact) mass is 300 g/mol. The lowest BCUT2D eigenvalue weighted by molar-refractivity contribution is -0.148. The molecule has 0 spiro atoms. The Bertz CT molecular complexity index is 297. The van der Waals surface area contributed by atoms with Gasteiger partial charge >= 0.3 is 5.97 Å². The molecule has 0 fully saturated rings. The molecule has 1 N–H and O–H groups in total. The molecular formula is C17H36N2O2. The van der Waals surface area contributed by atoms with Gasteiger partial charge in [-0.3, -0.25) is 9.69 Å². The maximum Gasteiger partial charge on any atom is 0.325 e. The number of nitrogens with zero attached hydrogens (tertiary/aromatic N) is 1. The van der Waals surface area contributed by atoms with Gasteiger partial charge in [-0.05, 0) is 53.1 Å². The second-order valence-electron chi connectivity index (χ2n) is 6.26. The molecular weight excluding hydrogens is 264 g/mol. The summed E-state index contributed by atoms with van der Waals surface area (Å²) in [6.07, 6.45) is 4.29. The Morgan fingerprint density at radius 3 is 2.29 bits per heavy atom. The number of unbranched alkanes of at least 4 members (excludes halogenated alkanes) is 1. The molecule has 0 aliphatic carbocycles. The van der Waals surface area contributed by atoms with Crippen LogP contribution in [0.5, 0.6) is 0 Å². The summed E-state index contributed by atoms with van der Waals surface area (Å²) in [5.74, 6) is -0.171. The second-order valence-corrected chi connectivity index (χ2v) is 6.26. The minimum atomic E-state index is -0.610. The fourth-order valence-corrected chi connectivity index (χ4v) is 3.00. The van der Waals surface area contributed by atoms with Crippen LogP contribution >= 0.6 is 0 Å². The van der Waals surface area contributed by atoms with Crippen molar-refractivity contribution in [3.05, 3.63) is 0 Å². The quantitative estimate of drug-likeness (QED) is 0.595. The average Bonchev–Trinajstić information content (AvgIpc) is 2.46. The van der Waals surface area contributed by atoms with Crippen molar-refractivity contribution in [3.8, 4) is 0 Å². The number of rotatable bonds is 11. The second kappa shape index (κ2) is 10.2. The summed E-state index contributed by atoms with van der Waals surface area (Å²) in [6.45, 7) is 14.8. The number of carbonyl (C=O) groups is 1. The van der Waals surface area contributed by atoms with E-state index >= 15 is 0 Å². The smallest absolute Gasteiger partial charge is 0.325 e. The molecule has 4 nitrogen and oxygen atoms in total. The highest BCUT2D eigenvalue weighted by atomic mass is 16.5. The van der Waals surface area contributed by atoms with Crippen LogP contribution < -0.4 is 5.32 Å². The molecule has 0 saturated heterocycles. The van der Waals surface area contributed by atoms with E-state index in [9.17, 15) is 4.79 Å². The van der Waals surface area contributed by atoms with Crippen LogP contribution in [-0.2, 0) is 9.53 Å². The van der Waals surface area contributed by atoms with Crippen LogP contribution in [0.15, 0.2) is 0 Å². The average molecular weight is 300 g/mol. The third-order valence-electron chi connectivity index (χ3n) is 4.40. The van der Waals surface area contributed by atoms with Gasteiger partial charge in [0, 0.05) is 12.1 Å². The van der Waals surface area contributed by atoms with E-state index in [0.717, 1.165) is 25.9 Å². The first-order valence-electron chi connectivity index (χ1n) is 8.45. The Balaban J connectivity index is 4.96. The molecule has 0 aromatic carbocycles. The largest absolute Gasteiger partial charge is 0.468 e. The SMILES string of the molecule is CCCCN(C(C)CC)C(C)CC(C)(NCC)C(=O)OC. The van der Waals surface area contributed by atoms with E-state index in [1.54, 1.807) is 0 Å². The van der Waals surface area contributed by atoms with Gasteiger partial charge in [0.15, 0.2) is 0 Å². The highest BCUT2D eigenvalue weighted by Gasteiger charge is 2.36. The summed E-state index contributed by atoms with van der Waals surface area (Å²) in [4.78, 5) is 14.7. The molecule has 0 aromatic rings. The van der Waals surface area contributed by atoms with Crippen molar-refractivity contribution in [1.29, 1.82) is 0 Å². The Labute approximate surface area is 131 Å². The van der Waals surface area contributed by atoms with Crippen molar-refractivity contribution in [2.24, 2.45) is 0 Å². The van der Waals surface area contributed by atoms with Crippen LogP contribution in [0.25, 0.3) is 0 Å². The molecule has 4 heteroatoms. The summed E-state index contributed by atoms with van der Waals surface area (Å²) in [6, 6.07) is 0.879. The van der Waals surface area contributed by atoms with Gasteiger partial charge in [0.25, 0.3) is 0 Å². The minimum Gasteiger partial charge on any atom is -0.468 e. The predicted molar refractivity (Wildman–Crippen MR) is 89.5 cm³/mol. The van der Waals surface area contributed by atoms with Gasteiger partial charge in [-0.1, -0.05) is 27.2 Å². The molecule has 3 atom stereocenters. The van der Waals surface area contributed by atoms with Gasteiger partial charge in [-0.15, -0.1) is 0 Å². The number of ether oxygens (including phenoxy) is 1. The number of esters is 1. The molecule has 0 radical (unpaired) electrons. The number of hydrogen-bond donors (Lipinski definition) is 1. The van der Waals surface area contributed by atoms with Crippen molar-refractivity contribution in [2.45, 2.75) is 84.8 Å². The summed E-state index contributed by atoms with van der Waals surface area (Å²) >= 11 is 0. The van der Waals surface area contributed by atoms with Crippen LogP contribution in [0.4, 0.5) is 0 Å². The summed E-state index contributed by atoms with van der Waals surface area (Å²) in [5, 5.41) is 3.31. The van der Waals surface area contributed by atoms with E-state index in [-0.39, 0.29) is 5.97 Å². The zero-order chi connectivity index (χ0) is 16.5. The first-order valence-corrected chi connectivity index (χ1v) is 8.45. The molecule has 0 aromatic heterocycles. The molecule has 0 saturated carbocycles. The first kappa shape index (κ1) is 20.4. The topological polar surface area (TPSA) is 41.6 Å². The van der Waals surface area contributed by atoms with Gasteiger partial charge in [0.1, 0.15) is 5.54 Å². The minimum absolute atomic E-state index is 0.171. The molecule has 126 valence electrons. The summed E-state index contributed by atoms with van der Waals surface area (Å²) in [5.41, 5.74) is -0.610. The normalized spacial score (nSPS) is 17.3. The van der Waals surface area contributed by atoms with Gasteiger partial charge in [-0.2, -0.15) is 0 Å². The molecule has 0 rings (SSSR count). The lowest BCUT2D eigenvalue weighted by Gasteiger charge is -2.39. The standard InChI is InChI=1S/C17H36N2O2/c1-8-11-12-19(14(4)9-2)15(5)13-17(6,18-10-3)16(20)21-7/h14-15,18H,8-13H2,1-7H3. The lowest BCUT2D eigenvalue weighted by atomic mass is 9.91. The van der Waals surface area contributed by atoms with Crippen molar-refractivity contribution in [1.82, 2.24) is 10.2 Å². The van der Waals surface area contributed by atoms with Crippen LogP contribution in [0.2, 0.25) is 0 Å². The molecule has 0 aliphatic heterocycles. The van der Waals surface area contributed by atoms with Gasteiger partial charge < -0.3 is 10.1 Å². The van der Waals surface area contributed by atoms with E-state index in [1.165, 1.54) is 20.0 Å². The molecule has 0 heterocycles. The third kappa shape index (κ3) is 6.35. The third-order valence-corrected chi connectivity index (χ3v) is 4.40. The number of likely N-dealkylation sites (N-methyl/N-ethyl adjacent to an activating group) is 1. The van der Waals surface area contributed by atoms with Gasteiger partial charge in [0.2, 0.25) is 0 Å². The van der Waals surface area contributed by atoms with Gasteiger partial charge in [-0.25, -0.2) is 0 Å². The Kier molecular flexibility index (Phi) is 9.88. The van der Waals surface area contributed by atoms with Gasteiger partial charge in [0.05, 0.1) is 7.11 Å². The Morgan fingerprint density at radius 2 is 1.86 bits per heavy atom. The van der Waals surface area contributed by atoms with Crippen LogP contribution in [0.1, 0.15) is 67.2 Å². The Hall–Kier alpha value is -0.610. The molecule has 21 heavy (non-hydrogen) atoms. The van der Waals surface area contributed by atoms with Crippen molar-refractivity contribution >= 4 is 5.97 Å². The molecule has 0 bridgehead atoms. The van der Waals surface area contributed by atoms with E-state index in [2.05, 4.69) is 37.9 Å². The Morgan fingerprint density at radius 1 is 1.24 bits per heavy atom. The van der Waals surface area contributed by atoms with Crippen LogP contribution in [0, 0.1) is 0 Å². The highest BCUT2D eigenvalue weighted by Crippen LogP contribution is 2.21. The van der Waals surface area contributed by atoms with Crippen molar-refractivity contribution in [3.63, 3.8) is 0 Å². The molecule has 3 unspecified atom stereocenters. The molecule has 0 amide bonds. The predicted octanol–water partition coefficient (Wildman–Crippen LogP) is 3.21. The van der Waals surface area contributed by atoms with Crippen LogP contribution in [-0.4, -0.2) is 48.7 Å². The number of hydrogen-bond acceptors (Lipinski definition) is 4. The number of nitrogens with one attached hydrogen (secondary N) is 1. The van der Waals surface area contributed by atoms with Crippen molar-refractivity contribution in [2.75, 3.05) is 20.2 Å². The van der Waals surface area contributed by atoms with Crippen molar-refractivity contribution < 1.29 is 9.53 Å². The van der Waals surface area contributed by atoms with Crippen LogP contribution in [0.3, 0.4) is 0 Å².